The van der Waals surface area contributed by atoms with Gasteiger partial charge in [0.2, 0.25) is 0 Å². The Kier molecular flexibility index (Phi) is 12.0. The number of aliphatic hydroxyl groups excluding tert-OH is 1. The fourth-order valence-electron chi connectivity index (χ4n) is 6.45. The van der Waals surface area contributed by atoms with Gasteiger partial charge in [-0.1, -0.05) is 112 Å². The van der Waals surface area contributed by atoms with E-state index in [4.69, 9.17) is 4.98 Å². The maximum absolute atomic E-state index is 11.7. The van der Waals surface area contributed by atoms with Crippen molar-refractivity contribution in [2.75, 3.05) is 4.90 Å². The van der Waals surface area contributed by atoms with Crippen LogP contribution in [0.4, 0.5) is 17.1 Å². The average molecular weight is 820 g/mol. The number of benzene rings is 4. The molecule has 6 heteroatoms. The van der Waals surface area contributed by atoms with E-state index in [0.717, 1.165) is 48.3 Å². The summed E-state index contributed by atoms with van der Waals surface area (Å²) in [4.78, 5) is 19.1. The molecule has 0 spiro atoms. The number of pyridine rings is 1. The minimum absolute atomic E-state index is 0. The Labute approximate surface area is 295 Å². The molecule has 2 heterocycles. The van der Waals surface area contributed by atoms with Crippen molar-refractivity contribution >= 4 is 57.7 Å². The number of hydrogen-bond donors (Lipinski definition) is 1. The monoisotopic (exact) mass is 820 g/mol. The Morgan fingerprint density at radius 1 is 0.872 bits per heavy atom. The molecule has 5 aromatic rings. The number of fused-ring (bicyclic) bond motifs is 4. The van der Waals surface area contributed by atoms with Crippen LogP contribution in [0.15, 0.2) is 96.9 Å². The third-order valence-corrected chi connectivity index (χ3v) is 11.4. The van der Waals surface area contributed by atoms with Crippen LogP contribution in [-0.4, -0.2) is 23.9 Å². The van der Waals surface area contributed by atoms with E-state index in [9.17, 15) is 9.90 Å². The van der Waals surface area contributed by atoms with Gasteiger partial charge in [-0.15, -0.1) is 23.8 Å². The van der Waals surface area contributed by atoms with Gasteiger partial charge in [0.15, 0.2) is 5.78 Å². The Morgan fingerprint density at radius 2 is 1.55 bits per heavy atom. The predicted molar refractivity (Wildman–Crippen MR) is 199 cm³/mol. The van der Waals surface area contributed by atoms with Crippen LogP contribution in [0.1, 0.15) is 53.4 Å². The standard InChI is InChI=1S/C28H23N2Si.C13H24O2.Ir/c1-31(2,3)22-16-15-20-18-29-27-23-13-7-9-19-10-8-14-25(26(19)23)30(28(27)24(20)17-22)21-11-5-4-6-12-21;1-5-10(6-2)12(14)9-13(15)11(7-3)8-4;/h4-12,14-18H,1-3H3;9-11,14H,5-8H2,1-4H3;/q-1;;/b;12-9-;. The quantitative estimate of drug-likeness (QED) is 0.0683. The third-order valence-electron chi connectivity index (χ3n) is 9.34. The van der Waals surface area contributed by atoms with Crippen LogP contribution in [0, 0.1) is 17.9 Å². The number of ketones is 1. The molecule has 0 aliphatic carbocycles. The van der Waals surface area contributed by atoms with Crippen LogP contribution < -0.4 is 10.1 Å². The van der Waals surface area contributed by atoms with E-state index in [1.807, 2.05) is 40.0 Å². The van der Waals surface area contributed by atoms with Crippen molar-refractivity contribution in [2.45, 2.75) is 73.0 Å². The van der Waals surface area contributed by atoms with Gasteiger partial charge < -0.3 is 15.0 Å². The molecule has 0 saturated heterocycles. The van der Waals surface area contributed by atoms with Crippen LogP contribution in [-0.2, 0) is 24.9 Å². The maximum atomic E-state index is 11.7. The Morgan fingerprint density at radius 3 is 2.19 bits per heavy atom. The second kappa shape index (κ2) is 15.6. The number of hydrogen-bond acceptors (Lipinski definition) is 4. The first-order chi connectivity index (χ1) is 22.1. The summed E-state index contributed by atoms with van der Waals surface area (Å²) in [5.74, 6) is 0.547. The number of rotatable bonds is 9. The molecule has 4 aromatic carbocycles. The first-order valence-corrected chi connectivity index (χ1v) is 20.3. The zero-order chi connectivity index (χ0) is 33.0. The van der Waals surface area contributed by atoms with Gasteiger partial charge in [0, 0.05) is 72.4 Å². The van der Waals surface area contributed by atoms with Crippen LogP contribution in [0.2, 0.25) is 19.6 Å². The van der Waals surface area contributed by atoms with Crippen molar-refractivity contribution in [3.05, 3.63) is 103 Å². The summed E-state index contributed by atoms with van der Waals surface area (Å²) in [6, 6.07) is 31.8. The van der Waals surface area contributed by atoms with E-state index in [1.165, 1.54) is 38.5 Å². The smallest absolute Gasteiger partial charge is 0.162 e. The number of carbonyl (C=O) groups excluding carboxylic acids is 1. The third kappa shape index (κ3) is 7.46. The number of aliphatic hydroxyl groups is 1. The van der Waals surface area contributed by atoms with Gasteiger partial charge >= 0.3 is 0 Å². The van der Waals surface area contributed by atoms with E-state index in [0.29, 0.717) is 0 Å². The molecule has 4 nitrogen and oxygen atoms in total. The Hall–Kier alpha value is -3.57. The minimum atomic E-state index is -1.46. The number of allylic oxidation sites excluding steroid dienone is 2. The second-order valence-electron chi connectivity index (χ2n) is 13.3. The van der Waals surface area contributed by atoms with Crippen molar-refractivity contribution in [1.29, 1.82) is 0 Å². The average Bonchev–Trinajstić information content (AvgIpc) is 3.06. The fraction of sp³-hybridized carbons (Fsp3) is 0.317. The molecule has 0 bridgehead atoms. The molecule has 0 atom stereocenters. The molecule has 247 valence electrons. The van der Waals surface area contributed by atoms with Crippen molar-refractivity contribution in [3.63, 3.8) is 0 Å². The molecule has 1 aromatic heterocycles. The van der Waals surface area contributed by atoms with Gasteiger partial charge in [0.1, 0.15) is 0 Å². The van der Waals surface area contributed by atoms with Crippen LogP contribution in [0.5, 0.6) is 0 Å². The largest absolute Gasteiger partial charge is 0.512 e. The normalized spacial score (nSPS) is 12.5. The molecule has 0 unspecified atom stereocenters. The van der Waals surface area contributed by atoms with E-state index in [-0.39, 0.29) is 43.5 Å². The topological polar surface area (TPSA) is 53.4 Å². The van der Waals surface area contributed by atoms with Gasteiger partial charge in [-0.05, 0) is 49.3 Å². The zero-order valence-corrected chi connectivity index (χ0v) is 32.1. The molecular weight excluding hydrogens is 773 g/mol. The molecule has 0 amide bonds. The van der Waals surface area contributed by atoms with Gasteiger partial charge in [-0.25, -0.2) is 0 Å². The van der Waals surface area contributed by atoms with E-state index >= 15 is 0 Å². The number of aromatic nitrogens is 1. The van der Waals surface area contributed by atoms with Gasteiger partial charge in [0.25, 0.3) is 0 Å². The Balaban J connectivity index is 0.000000269. The summed E-state index contributed by atoms with van der Waals surface area (Å²) >= 11 is 0. The number of carbonyl (C=O) groups is 1. The molecule has 1 aliphatic heterocycles. The summed E-state index contributed by atoms with van der Waals surface area (Å²) in [5.41, 5.74) is 5.60. The van der Waals surface area contributed by atoms with Crippen LogP contribution >= 0.6 is 0 Å². The molecular formula is C41H47IrN2O2Si-. The number of anilines is 3. The molecule has 6 rings (SSSR count). The summed E-state index contributed by atoms with van der Waals surface area (Å²) < 4.78 is 0. The minimum Gasteiger partial charge on any atom is -0.512 e. The Bertz CT molecular complexity index is 1870. The van der Waals surface area contributed by atoms with Crippen molar-refractivity contribution in [1.82, 2.24) is 4.98 Å². The van der Waals surface area contributed by atoms with Crippen LogP contribution in [0.25, 0.3) is 32.8 Å². The molecule has 0 saturated carbocycles. The van der Waals surface area contributed by atoms with Crippen molar-refractivity contribution < 1.29 is 30.0 Å². The van der Waals surface area contributed by atoms with E-state index < -0.39 is 8.07 Å². The molecule has 1 aliphatic rings. The summed E-state index contributed by atoms with van der Waals surface area (Å²) in [6.45, 7) is 15.3. The predicted octanol–water partition coefficient (Wildman–Crippen LogP) is 11.1. The number of para-hydroxylation sites is 1. The first-order valence-electron chi connectivity index (χ1n) is 16.8. The van der Waals surface area contributed by atoms with Gasteiger partial charge in [-0.3, -0.25) is 4.79 Å². The van der Waals surface area contributed by atoms with Crippen LogP contribution in [0.3, 0.4) is 0 Å². The summed E-state index contributed by atoms with van der Waals surface area (Å²) in [5, 5.41) is 16.1. The summed E-state index contributed by atoms with van der Waals surface area (Å²) in [6.07, 6.45) is 6.93. The van der Waals surface area contributed by atoms with Crippen molar-refractivity contribution in [2.24, 2.45) is 11.8 Å². The van der Waals surface area contributed by atoms with Gasteiger partial charge in [0.05, 0.1) is 13.8 Å². The molecule has 0 fully saturated rings. The zero-order valence-electron chi connectivity index (χ0n) is 28.7. The second-order valence-corrected chi connectivity index (χ2v) is 18.3. The maximum Gasteiger partial charge on any atom is 0.162 e. The first kappa shape index (κ1) is 36.3. The van der Waals surface area contributed by atoms with Crippen molar-refractivity contribution in [3.8, 4) is 11.3 Å². The van der Waals surface area contributed by atoms with Gasteiger partial charge in [-0.2, -0.15) is 0 Å². The number of nitrogens with zero attached hydrogens (tertiary/aromatic N) is 2. The van der Waals surface area contributed by atoms with E-state index in [2.05, 4.69) is 103 Å². The molecule has 47 heavy (non-hydrogen) atoms. The fourth-order valence-corrected chi connectivity index (χ4v) is 7.61. The molecule has 1 radical (unpaired) electrons. The SMILES string of the molecule is CCC(CC)C(=O)/C=C(\O)C(CC)CC.C[Si](C)(C)c1ccc2cnc3c(c2c1)N(c1ccccc1)c1cccc2cc[c-]c-3c12.[Ir]. The molecule has 1 N–H and O–H groups in total. The summed E-state index contributed by atoms with van der Waals surface area (Å²) in [7, 11) is -1.46. The van der Waals surface area contributed by atoms with E-state index in [1.54, 1.807) is 0 Å².